The van der Waals surface area contributed by atoms with Crippen molar-refractivity contribution in [2.45, 2.75) is 32.7 Å². The number of nitro benzene ring substituents is 1. The van der Waals surface area contributed by atoms with Crippen LogP contribution in [0.1, 0.15) is 31.0 Å². The third-order valence-electron chi connectivity index (χ3n) is 3.41. The number of hydrogen-bond donors (Lipinski definition) is 0. The van der Waals surface area contributed by atoms with Crippen LogP contribution < -0.4 is 5.56 Å². The van der Waals surface area contributed by atoms with Gasteiger partial charge in [0.25, 0.3) is 11.2 Å². The highest BCUT2D eigenvalue weighted by atomic mass is 16.6. The minimum absolute atomic E-state index is 0.0399. The van der Waals surface area contributed by atoms with Crippen molar-refractivity contribution in [3.8, 4) is 0 Å². The Morgan fingerprint density at radius 2 is 1.86 bits per heavy atom. The van der Waals surface area contributed by atoms with E-state index in [1.807, 2.05) is 6.07 Å². The fourth-order valence-corrected chi connectivity index (χ4v) is 2.22. The summed E-state index contributed by atoms with van der Waals surface area (Å²) < 4.78 is 1.73. The van der Waals surface area contributed by atoms with Crippen LogP contribution in [0.15, 0.2) is 47.3 Å². The van der Waals surface area contributed by atoms with E-state index in [-0.39, 0.29) is 11.2 Å². The van der Waals surface area contributed by atoms with Crippen LogP contribution in [0.4, 0.5) is 5.69 Å². The number of aryl methyl sites for hydroxylation is 1. The average molecular weight is 286 g/mol. The Kier molecular flexibility index (Phi) is 4.87. The maximum atomic E-state index is 12.0. The number of pyridine rings is 1. The summed E-state index contributed by atoms with van der Waals surface area (Å²) in [7, 11) is 0. The lowest BCUT2D eigenvalue weighted by atomic mass is 10.1. The van der Waals surface area contributed by atoms with Crippen molar-refractivity contribution in [2.75, 3.05) is 0 Å². The van der Waals surface area contributed by atoms with E-state index in [1.165, 1.54) is 12.1 Å². The molecule has 0 fully saturated rings. The lowest BCUT2D eigenvalue weighted by Gasteiger charge is -2.12. The largest absolute Gasteiger partial charge is 0.308 e. The Hall–Kier alpha value is -2.43. The van der Waals surface area contributed by atoms with Crippen LogP contribution in [0.3, 0.4) is 0 Å². The zero-order valence-electron chi connectivity index (χ0n) is 12.0. The first-order valence-corrected chi connectivity index (χ1v) is 7.04. The van der Waals surface area contributed by atoms with Gasteiger partial charge in [-0.25, -0.2) is 0 Å². The zero-order chi connectivity index (χ0) is 15.2. The molecule has 0 unspecified atom stereocenters. The summed E-state index contributed by atoms with van der Waals surface area (Å²) in [5.74, 6) is 0. The second kappa shape index (κ2) is 6.83. The molecule has 0 amide bonds. The second-order valence-corrected chi connectivity index (χ2v) is 4.97. The summed E-state index contributed by atoms with van der Waals surface area (Å²) in [5.41, 5.74) is 1.90. The van der Waals surface area contributed by atoms with Gasteiger partial charge in [-0.3, -0.25) is 14.9 Å². The topological polar surface area (TPSA) is 65.1 Å². The molecule has 0 saturated carbocycles. The summed E-state index contributed by atoms with van der Waals surface area (Å²) in [5, 5.41) is 10.6. The molecule has 5 nitrogen and oxygen atoms in total. The molecule has 0 spiro atoms. The maximum absolute atomic E-state index is 12.0. The molecule has 0 aliphatic carbocycles. The number of hydrogen-bond acceptors (Lipinski definition) is 3. The number of nitrogens with zero attached hydrogens (tertiary/aromatic N) is 2. The number of aromatic nitrogens is 1. The monoisotopic (exact) mass is 286 g/mol. The molecule has 0 aliphatic rings. The highest BCUT2D eigenvalue weighted by molar-refractivity contribution is 5.33. The minimum Gasteiger partial charge on any atom is -0.308 e. The molecular formula is C16H18N2O3. The molecule has 2 aromatic rings. The van der Waals surface area contributed by atoms with Crippen LogP contribution in [0, 0.1) is 10.1 Å². The zero-order valence-corrected chi connectivity index (χ0v) is 12.0. The molecule has 21 heavy (non-hydrogen) atoms. The van der Waals surface area contributed by atoms with Gasteiger partial charge < -0.3 is 4.57 Å². The fraction of sp³-hybridized carbons (Fsp3) is 0.312. The molecule has 0 N–H and O–H groups in total. The predicted molar refractivity (Wildman–Crippen MR) is 81.5 cm³/mol. The Labute approximate surface area is 123 Å². The van der Waals surface area contributed by atoms with Crippen LogP contribution in [0.2, 0.25) is 0 Å². The SMILES string of the molecule is CCCCc1cccc(=O)n1Cc1ccc([N+](=O)[O-])cc1. The van der Waals surface area contributed by atoms with Gasteiger partial charge in [0, 0.05) is 23.9 Å². The molecular weight excluding hydrogens is 268 g/mol. The molecule has 0 saturated heterocycles. The molecule has 0 atom stereocenters. The standard InChI is InChI=1S/C16H18N2O3/c1-2-3-5-14-6-4-7-16(19)17(14)12-13-8-10-15(11-9-13)18(20)21/h4,6-11H,2-3,5,12H2,1H3. The van der Waals surface area contributed by atoms with Gasteiger partial charge in [-0.1, -0.05) is 31.5 Å². The van der Waals surface area contributed by atoms with Crippen molar-refractivity contribution in [3.63, 3.8) is 0 Å². The first-order valence-electron chi connectivity index (χ1n) is 7.04. The van der Waals surface area contributed by atoms with E-state index < -0.39 is 4.92 Å². The smallest absolute Gasteiger partial charge is 0.269 e. The van der Waals surface area contributed by atoms with Gasteiger partial charge in [0.05, 0.1) is 11.5 Å². The molecule has 110 valence electrons. The van der Waals surface area contributed by atoms with Crippen LogP contribution in [-0.4, -0.2) is 9.49 Å². The predicted octanol–water partition coefficient (Wildman–Crippen LogP) is 3.15. The van der Waals surface area contributed by atoms with E-state index in [1.54, 1.807) is 28.8 Å². The van der Waals surface area contributed by atoms with Crippen molar-refractivity contribution in [1.82, 2.24) is 4.57 Å². The van der Waals surface area contributed by atoms with Crippen molar-refractivity contribution < 1.29 is 4.92 Å². The number of unbranched alkanes of at least 4 members (excludes halogenated alkanes) is 1. The Morgan fingerprint density at radius 3 is 2.48 bits per heavy atom. The highest BCUT2D eigenvalue weighted by Gasteiger charge is 2.07. The molecule has 1 heterocycles. The number of non-ortho nitro benzene ring substituents is 1. The van der Waals surface area contributed by atoms with Crippen LogP contribution in [-0.2, 0) is 13.0 Å². The maximum Gasteiger partial charge on any atom is 0.269 e. The van der Waals surface area contributed by atoms with Gasteiger partial charge in [-0.15, -0.1) is 0 Å². The van der Waals surface area contributed by atoms with Gasteiger partial charge in [0.2, 0.25) is 0 Å². The minimum atomic E-state index is -0.425. The third kappa shape index (κ3) is 3.78. The number of rotatable bonds is 6. The molecule has 1 aromatic carbocycles. The van der Waals surface area contributed by atoms with Crippen LogP contribution in [0.25, 0.3) is 0 Å². The molecule has 2 rings (SSSR count). The molecule has 5 heteroatoms. The lowest BCUT2D eigenvalue weighted by molar-refractivity contribution is -0.384. The van der Waals surface area contributed by atoms with Gasteiger partial charge >= 0.3 is 0 Å². The number of nitro groups is 1. The summed E-state index contributed by atoms with van der Waals surface area (Å²) in [6.07, 6.45) is 2.96. The molecule has 1 aromatic heterocycles. The summed E-state index contributed by atoms with van der Waals surface area (Å²) in [6.45, 7) is 2.55. The molecule has 0 radical (unpaired) electrons. The fourth-order valence-electron chi connectivity index (χ4n) is 2.22. The Bertz CT molecular complexity index is 675. The summed E-state index contributed by atoms with van der Waals surface area (Å²) in [6, 6.07) is 11.6. The van der Waals surface area contributed by atoms with Crippen molar-refractivity contribution in [3.05, 3.63) is 74.2 Å². The first-order chi connectivity index (χ1) is 10.1. The van der Waals surface area contributed by atoms with Crippen molar-refractivity contribution in [1.29, 1.82) is 0 Å². The van der Waals surface area contributed by atoms with Gasteiger partial charge in [-0.05, 0) is 24.5 Å². The van der Waals surface area contributed by atoms with E-state index in [2.05, 4.69) is 6.92 Å². The van der Waals surface area contributed by atoms with E-state index in [9.17, 15) is 14.9 Å². The van der Waals surface area contributed by atoms with Crippen LogP contribution in [0.5, 0.6) is 0 Å². The van der Waals surface area contributed by atoms with E-state index >= 15 is 0 Å². The first kappa shape index (κ1) is 15.0. The Morgan fingerprint density at radius 1 is 1.14 bits per heavy atom. The quantitative estimate of drug-likeness (QED) is 0.605. The van der Waals surface area contributed by atoms with Gasteiger partial charge in [0.1, 0.15) is 0 Å². The number of benzene rings is 1. The van der Waals surface area contributed by atoms with Gasteiger partial charge in [-0.2, -0.15) is 0 Å². The normalized spacial score (nSPS) is 10.5. The Balaban J connectivity index is 2.26. The van der Waals surface area contributed by atoms with E-state index in [0.29, 0.717) is 6.54 Å². The summed E-state index contributed by atoms with van der Waals surface area (Å²) >= 11 is 0. The van der Waals surface area contributed by atoms with Crippen molar-refractivity contribution in [2.24, 2.45) is 0 Å². The summed E-state index contributed by atoms with van der Waals surface area (Å²) in [4.78, 5) is 22.3. The van der Waals surface area contributed by atoms with Gasteiger partial charge in [0.15, 0.2) is 0 Å². The third-order valence-corrected chi connectivity index (χ3v) is 3.41. The average Bonchev–Trinajstić information content (AvgIpc) is 2.48. The van der Waals surface area contributed by atoms with Crippen molar-refractivity contribution >= 4 is 5.69 Å². The molecule has 0 bridgehead atoms. The van der Waals surface area contributed by atoms with E-state index in [4.69, 9.17) is 0 Å². The lowest BCUT2D eigenvalue weighted by Crippen LogP contribution is -2.23. The van der Waals surface area contributed by atoms with E-state index in [0.717, 1.165) is 30.5 Å². The molecule has 0 aliphatic heterocycles. The highest BCUT2D eigenvalue weighted by Crippen LogP contribution is 2.13. The van der Waals surface area contributed by atoms with Crippen LogP contribution >= 0.6 is 0 Å². The second-order valence-electron chi connectivity index (χ2n) is 4.97.